The summed E-state index contributed by atoms with van der Waals surface area (Å²) >= 11 is 0. The van der Waals surface area contributed by atoms with Crippen molar-refractivity contribution in [1.82, 2.24) is 9.80 Å². The van der Waals surface area contributed by atoms with E-state index in [4.69, 9.17) is 4.74 Å². The molecule has 3 amide bonds. The van der Waals surface area contributed by atoms with Gasteiger partial charge in [-0.15, -0.1) is 0 Å². The number of amides is 3. The number of carbonyl (C=O) groups is 3. The lowest BCUT2D eigenvalue weighted by molar-refractivity contribution is -0.151. The Kier molecular flexibility index (Phi) is 7.30. The van der Waals surface area contributed by atoms with Gasteiger partial charge in [-0.1, -0.05) is 86.2 Å². The van der Waals surface area contributed by atoms with Crippen LogP contribution in [-0.4, -0.2) is 76.1 Å². The van der Waals surface area contributed by atoms with Gasteiger partial charge < -0.3 is 24.5 Å². The second-order valence-electron chi connectivity index (χ2n) is 11.4. The summed E-state index contributed by atoms with van der Waals surface area (Å²) < 4.78 is 6.77. The predicted molar refractivity (Wildman–Crippen MR) is 155 cm³/mol. The summed E-state index contributed by atoms with van der Waals surface area (Å²) in [5, 5.41) is 10.7. The highest BCUT2D eigenvalue weighted by atomic mass is 16.5. The molecule has 41 heavy (non-hydrogen) atoms. The zero-order valence-corrected chi connectivity index (χ0v) is 23.5. The summed E-state index contributed by atoms with van der Waals surface area (Å²) in [6.45, 7) is 4.49. The predicted octanol–water partition coefficient (Wildman–Crippen LogP) is 3.49. The van der Waals surface area contributed by atoms with Crippen LogP contribution < -0.4 is 4.90 Å². The molecule has 4 heterocycles. The third kappa shape index (κ3) is 4.32. The minimum Gasteiger partial charge on any atom is -0.394 e. The minimum absolute atomic E-state index is 0.0467. The molecule has 2 aromatic rings. The van der Waals surface area contributed by atoms with Gasteiger partial charge in [-0.2, -0.15) is 0 Å². The van der Waals surface area contributed by atoms with Crippen LogP contribution in [0.5, 0.6) is 0 Å². The molecule has 2 fully saturated rings. The third-order valence-electron chi connectivity index (χ3n) is 9.13. The van der Waals surface area contributed by atoms with Gasteiger partial charge in [0.15, 0.2) is 0 Å². The SMILES string of the molecule is CCCC(C)N1CC=C[C@]23O[C@H]4C=CCN(c5ccccc5)C(=O)[C@H]4[C@H]2C(=O)N([C@H](CO)c2ccccc2)C3C1=O. The Hall–Kier alpha value is -3.75. The van der Waals surface area contributed by atoms with Crippen molar-refractivity contribution in [2.45, 2.75) is 56.5 Å². The smallest absolute Gasteiger partial charge is 0.249 e. The van der Waals surface area contributed by atoms with E-state index < -0.39 is 35.6 Å². The molecular weight excluding hydrogens is 518 g/mol. The summed E-state index contributed by atoms with van der Waals surface area (Å²) in [6, 6.07) is 16.9. The number of para-hydroxylation sites is 1. The van der Waals surface area contributed by atoms with E-state index in [1.54, 1.807) is 4.90 Å². The first-order valence-corrected chi connectivity index (χ1v) is 14.6. The molecular formula is C33H37N3O5. The van der Waals surface area contributed by atoms with Crippen LogP contribution in [-0.2, 0) is 19.1 Å². The lowest BCUT2D eigenvalue weighted by Crippen LogP contribution is -2.57. The fraction of sp³-hybridized carbons (Fsp3) is 0.424. The molecule has 8 nitrogen and oxygen atoms in total. The first-order valence-electron chi connectivity index (χ1n) is 14.6. The summed E-state index contributed by atoms with van der Waals surface area (Å²) in [7, 11) is 0. The van der Waals surface area contributed by atoms with Crippen LogP contribution in [0.3, 0.4) is 0 Å². The summed E-state index contributed by atoms with van der Waals surface area (Å²) in [4.78, 5) is 48.5. The number of ether oxygens (including phenoxy) is 1. The van der Waals surface area contributed by atoms with E-state index in [0.717, 1.165) is 24.1 Å². The largest absolute Gasteiger partial charge is 0.394 e. The van der Waals surface area contributed by atoms with E-state index in [9.17, 15) is 19.5 Å². The van der Waals surface area contributed by atoms with Crippen LogP contribution in [0.2, 0.25) is 0 Å². The van der Waals surface area contributed by atoms with Gasteiger partial charge in [-0.25, -0.2) is 0 Å². The quantitative estimate of drug-likeness (QED) is 0.529. The number of fused-ring (bicyclic) bond motifs is 2. The number of benzene rings is 2. The van der Waals surface area contributed by atoms with Crippen molar-refractivity contribution in [3.05, 3.63) is 90.5 Å². The van der Waals surface area contributed by atoms with Gasteiger partial charge in [0.2, 0.25) is 17.7 Å². The maximum atomic E-state index is 14.7. The van der Waals surface area contributed by atoms with Crippen LogP contribution in [0, 0.1) is 11.8 Å². The topological polar surface area (TPSA) is 90.4 Å². The van der Waals surface area contributed by atoms with Crippen molar-refractivity contribution >= 4 is 23.4 Å². The Labute approximate surface area is 240 Å². The average Bonchev–Trinajstić information content (AvgIpc) is 3.30. The molecule has 6 rings (SSSR count). The molecule has 0 bridgehead atoms. The molecule has 1 N–H and O–H groups in total. The second-order valence-corrected chi connectivity index (χ2v) is 11.4. The van der Waals surface area contributed by atoms with Crippen LogP contribution in [0.25, 0.3) is 0 Å². The van der Waals surface area contributed by atoms with Crippen LogP contribution in [0.15, 0.2) is 85.0 Å². The van der Waals surface area contributed by atoms with E-state index in [1.165, 1.54) is 4.90 Å². The number of anilines is 1. The fourth-order valence-electron chi connectivity index (χ4n) is 7.27. The molecule has 0 radical (unpaired) electrons. The first-order chi connectivity index (χ1) is 19.9. The highest BCUT2D eigenvalue weighted by molar-refractivity contribution is 6.04. The van der Waals surface area contributed by atoms with Gasteiger partial charge in [-0.05, 0) is 31.0 Å². The molecule has 0 saturated carbocycles. The number of nitrogens with zero attached hydrogens (tertiary/aromatic N) is 3. The van der Waals surface area contributed by atoms with Crippen molar-refractivity contribution in [2.75, 3.05) is 24.6 Å². The number of likely N-dealkylation sites (tertiary alicyclic amines) is 1. The Morgan fingerprint density at radius 3 is 2.34 bits per heavy atom. The van der Waals surface area contributed by atoms with Crippen molar-refractivity contribution in [3.63, 3.8) is 0 Å². The van der Waals surface area contributed by atoms with Gasteiger partial charge in [0.05, 0.1) is 30.6 Å². The van der Waals surface area contributed by atoms with E-state index >= 15 is 0 Å². The van der Waals surface area contributed by atoms with Crippen molar-refractivity contribution in [3.8, 4) is 0 Å². The van der Waals surface area contributed by atoms with Crippen molar-refractivity contribution in [2.24, 2.45) is 11.8 Å². The Balaban J connectivity index is 1.48. The molecule has 4 aliphatic heterocycles. The maximum Gasteiger partial charge on any atom is 0.249 e. The average molecular weight is 556 g/mol. The number of hydrogen-bond donors (Lipinski definition) is 1. The summed E-state index contributed by atoms with van der Waals surface area (Å²) in [5.74, 6) is -2.50. The summed E-state index contributed by atoms with van der Waals surface area (Å²) in [5.41, 5.74) is 0.126. The standard InChI is InChI=1S/C33H37N3O5/c1-3-12-22(2)34-20-11-18-33-28(27-26(41-33)17-10-19-35(30(27)38)24-15-8-5-9-16-24)31(39)36(29(33)32(34)40)25(21-37)23-13-6-4-7-14-23/h4-11,13-18,22,25-29,37H,3,12,19-21H2,1-2H3/t22?,25-,26+,27-,28+,29?,33+/m1/s1. The van der Waals surface area contributed by atoms with Gasteiger partial charge in [-0.3, -0.25) is 14.4 Å². The van der Waals surface area contributed by atoms with E-state index in [0.29, 0.717) is 13.1 Å². The van der Waals surface area contributed by atoms with Gasteiger partial charge in [0, 0.05) is 24.8 Å². The summed E-state index contributed by atoms with van der Waals surface area (Å²) in [6.07, 6.45) is 8.62. The molecule has 7 atom stereocenters. The highest BCUT2D eigenvalue weighted by Crippen LogP contribution is 2.55. The Morgan fingerprint density at radius 1 is 0.951 bits per heavy atom. The first kappa shape index (κ1) is 27.4. The zero-order valence-electron chi connectivity index (χ0n) is 23.5. The number of aliphatic hydroxyl groups is 1. The lowest BCUT2D eigenvalue weighted by Gasteiger charge is -2.40. The zero-order chi connectivity index (χ0) is 28.7. The molecule has 0 aromatic heterocycles. The van der Waals surface area contributed by atoms with Crippen LogP contribution in [0.4, 0.5) is 5.69 Å². The molecule has 4 aliphatic rings. The maximum absolute atomic E-state index is 14.7. The number of rotatable bonds is 7. The molecule has 214 valence electrons. The molecule has 2 aromatic carbocycles. The molecule has 1 spiro atoms. The third-order valence-corrected chi connectivity index (χ3v) is 9.13. The highest BCUT2D eigenvalue weighted by Gasteiger charge is 2.72. The monoisotopic (exact) mass is 555 g/mol. The number of aliphatic hydroxyl groups excluding tert-OH is 1. The molecule has 0 aliphatic carbocycles. The Bertz CT molecular complexity index is 1360. The van der Waals surface area contributed by atoms with Gasteiger partial charge in [0.1, 0.15) is 11.6 Å². The van der Waals surface area contributed by atoms with E-state index in [-0.39, 0.29) is 30.4 Å². The molecule has 8 heteroatoms. The Morgan fingerprint density at radius 2 is 1.66 bits per heavy atom. The van der Waals surface area contributed by atoms with Crippen LogP contribution in [0.1, 0.15) is 38.3 Å². The van der Waals surface area contributed by atoms with E-state index in [2.05, 4.69) is 6.92 Å². The molecule has 2 saturated heterocycles. The molecule has 2 unspecified atom stereocenters. The fourth-order valence-corrected chi connectivity index (χ4v) is 7.27. The minimum atomic E-state index is -1.34. The van der Waals surface area contributed by atoms with Crippen LogP contribution >= 0.6 is 0 Å². The number of carbonyl (C=O) groups excluding carboxylic acids is 3. The van der Waals surface area contributed by atoms with Crippen molar-refractivity contribution < 1.29 is 24.2 Å². The van der Waals surface area contributed by atoms with Gasteiger partial charge >= 0.3 is 0 Å². The van der Waals surface area contributed by atoms with Crippen molar-refractivity contribution in [1.29, 1.82) is 0 Å². The second kappa shape index (κ2) is 10.9. The lowest BCUT2D eigenvalue weighted by atomic mass is 9.77. The van der Waals surface area contributed by atoms with Gasteiger partial charge in [0.25, 0.3) is 0 Å². The normalized spacial score (nSPS) is 30.5. The van der Waals surface area contributed by atoms with E-state index in [1.807, 2.05) is 96.8 Å². The number of hydrogen-bond acceptors (Lipinski definition) is 5.